The van der Waals surface area contributed by atoms with Crippen molar-refractivity contribution in [2.24, 2.45) is 18.9 Å². The minimum atomic E-state index is -0.514. The Hall–Kier alpha value is -1.66. The zero-order valence-electron chi connectivity index (χ0n) is 16.9. The Bertz CT molecular complexity index is 750. The monoisotopic (exact) mass is 387 g/mol. The summed E-state index contributed by atoms with van der Waals surface area (Å²) in [6.07, 6.45) is 7.74. The first-order valence-corrected chi connectivity index (χ1v) is 10.9. The summed E-state index contributed by atoms with van der Waals surface area (Å²) in [4.78, 5) is 29.3. The molecule has 4 rings (SSSR count). The van der Waals surface area contributed by atoms with E-state index in [1.165, 1.54) is 19.3 Å². The van der Waals surface area contributed by atoms with Crippen LogP contribution < -0.4 is 5.56 Å². The molecule has 1 saturated carbocycles. The van der Waals surface area contributed by atoms with Crippen LogP contribution in [-0.2, 0) is 11.8 Å². The normalized spacial score (nSPS) is 27.6. The van der Waals surface area contributed by atoms with Crippen LogP contribution in [0, 0.1) is 11.8 Å². The minimum Gasteiger partial charge on any atom is -0.392 e. The molecule has 0 unspecified atom stereocenters. The molecule has 0 bridgehead atoms. The van der Waals surface area contributed by atoms with Crippen LogP contribution in [0.2, 0.25) is 0 Å². The molecule has 2 saturated heterocycles. The van der Waals surface area contributed by atoms with Crippen molar-refractivity contribution in [2.45, 2.75) is 50.5 Å². The van der Waals surface area contributed by atoms with Crippen LogP contribution in [0.3, 0.4) is 0 Å². The SMILES string of the molecule is Cn1ccc(C2CCN(C(=O)[C@H]3CN(CC4CCC4)CC[C@H]3O)CC2)cc1=O. The topological polar surface area (TPSA) is 65.8 Å². The lowest BCUT2D eigenvalue weighted by molar-refractivity contribution is -0.143. The standard InChI is InChI=1S/C22H33N3O3/c1-23-9-5-18(13-21(23)27)17-6-11-25(12-7-17)22(28)19-15-24(10-8-20(19)26)14-16-3-2-4-16/h5,9,13,16-17,19-20,26H,2-4,6-8,10-12,14-15H2,1H3/t19-,20+/m0/s1. The summed E-state index contributed by atoms with van der Waals surface area (Å²) < 4.78 is 1.59. The van der Waals surface area contributed by atoms with Crippen LogP contribution in [0.4, 0.5) is 0 Å². The zero-order valence-corrected chi connectivity index (χ0v) is 16.9. The third-order valence-electron chi connectivity index (χ3n) is 7.13. The number of piperidine rings is 2. The van der Waals surface area contributed by atoms with Gasteiger partial charge in [-0.25, -0.2) is 0 Å². The van der Waals surface area contributed by atoms with E-state index < -0.39 is 6.10 Å². The van der Waals surface area contributed by atoms with Crippen molar-refractivity contribution < 1.29 is 9.90 Å². The minimum absolute atomic E-state index is 0.0212. The Kier molecular flexibility index (Phi) is 5.88. The lowest BCUT2D eigenvalue weighted by Crippen LogP contribution is -2.53. The van der Waals surface area contributed by atoms with E-state index in [-0.39, 0.29) is 17.4 Å². The van der Waals surface area contributed by atoms with Gasteiger partial charge in [0.1, 0.15) is 0 Å². The third-order valence-corrected chi connectivity index (χ3v) is 7.13. The molecule has 6 heteroatoms. The number of aliphatic hydroxyl groups excluding tert-OH is 1. The maximum Gasteiger partial charge on any atom is 0.250 e. The summed E-state index contributed by atoms with van der Waals surface area (Å²) in [6, 6.07) is 3.75. The number of nitrogens with zero attached hydrogens (tertiary/aromatic N) is 3. The maximum absolute atomic E-state index is 13.1. The second-order valence-corrected chi connectivity index (χ2v) is 9.03. The van der Waals surface area contributed by atoms with E-state index >= 15 is 0 Å². The van der Waals surface area contributed by atoms with E-state index in [2.05, 4.69) is 4.90 Å². The Morgan fingerprint density at radius 1 is 1.14 bits per heavy atom. The van der Waals surface area contributed by atoms with Crippen LogP contribution in [0.25, 0.3) is 0 Å². The summed E-state index contributed by atoms with van der Waals surface area (Å²) >= 11 is 0. The van der Waals surface area contributed by atoms with Crippen LogP contribution >= 0.6 is 0 Å². The quantitative estimate of drug-likeness (QED) is 0.852. The number of aryl methyl sites for hydroxylation is 1. The highest BCUT2D eigenvalue weighted by Crippen LogP contribution is 2.31. The third kappa shape index (κ3) is 4.18. The van der Waals surface area contributed by atoms with E-state index in [1.54, 1.807) is 17.7 Å². The number of carbonyl (C=O) groups is 1. The smallest absolute Gasteiger partial charge is 0.250 e. The van der Waals surface area contributed by atoms with E-state index in [9.17, 15) is 14.7 Å². The van der Waals surface area contributed by atoms with Gasteiger partial charge >= 0.3 is 0 Å². The molecule has 28 heavy (non-hydrogen) atoms. The zero-order chi connectivity index (χ0) is 19.7. The molecule has 1 aromatic rings. The summed E-state index contributed by atoms with van der Waals surface area (Å²) in [7, 11) is 1.76. The average Bonchev–Trinajstić information content (AvgIpc) is 2.67. The predicted molar refractivity (Wildman–Crippen MR) is 108 cm³/mol. The van der Waals surface area contributed by atoms with E-state index in [0.717, 1.165) is 37.4 Å². The molecule has 1 amide bonds. The Morgan fingerprint density at radius 2 is 1.89 bits per heavy atom. The molecule has 0 aromatic carbocycles. The van der Waals surface area contributed by atoms with Crippen molar-refractivity contribution in [2.75, 3.05) is 32.7 Å². The molecule has 0 spiro atoms. The first-order chi connectivity index (χ1) is 13.5. The molecule has 3 fully saturated rings. The number of hydrogen-bond donors (Lipinski definition) is 1. The second-order valence-electron chi connectivity index (χ2n) is 9.03. The molecule has 0 radical (unpaired) electrons. The van der Waals surface area contributed by atoms with Crippen LogP contribution in [0.15, 0.2) is 23.1 Å². The average molecular weight is 388 g/mol. The van der Waals surface area contributed by atoms with Gasteiger partial charge in [0.25, 0.3) is 5.56 Å². The number of aliphatic hydroxyl groups is 1. The Labute approximate surface area is 167 Å². The van der Waals surface area contributed by atoms with Crippen molar-refractivity contribution in [3.05, 3.63) is 34.2 Å². The van der Waals surface area contributed by atoms with E-state index in [0.29, 0.717) is 32.0 Å². The van der Waals surface area contributed by atoms with E-state index in [4.69, 9.17) is 0 Å². The van der Waals surface area contributed by atoms with Gasteiger partial charge in [0.15, 0.2) is 0 Å². The first kappa shape index (κ1) is 19.6. The highest BCUT2D eigenvalue weighted by Gasteiger charge is 2.37. The van der Waals surface area contributed by atoms with Crippen LogP contribution in [0.5, 0.6) is 0 Å². The van der Waals surface area contributed by atoms with Crippen molar-refractivity contribution in [1.82, 2.24) is 14.4 Å². The highest BCUT2D eigenvalue weighted by atomic mass is 16.3. The van der Waals surface area contributed by atoms with Crippen molar-refractivity contribution in [3.63, 3.8) is 0 Å². The lowest BCUT2D eigenvalue weighted by Gasteiger charge is -2.41. The summed E-state index contributed by atoms with van der Waals surface area (Å²) in [5.74, 6) is 0.965. The fraction of sp³-hybridized carbons (Fsp3) is 0.727. The molecule has 1 aliphatic carbocycles. The molecule has 6 nitrogen and oxygen atoms in total. The van der Waals surface area contributed by atoms with E-state index in [1.807, 2.05) is 17.2 Å². The van der Waals surface area contributed by atoms with Crippen LogP contribution in [0.1, 0.15) is 50.0 Å². The van der Waals surface area contributed by atoms with Crippen molar-refractivity contribution >= 4 is 5.91 Å². The number of likely N-dealkylation sites (tertiary alicyclic amines) is 2. The number of carbonyl (C=O) groups excluding carboxylic acids is 1. The molecule has 3 aliphatic rings. The molecular weight excluding hydrogens is 354 g/mol. The van der Waals surface area contributed by atoms with Gasteiger partial charge in [0.05, 0.1) is 12.0 Å². The maximum atomic E-state index is 13.1. The summed E-state index contributed by atoms with van der Waals surface area (Å²) in [5, 5.41) is 10.5. The molecule has 1 aromatic heterocycles. The van der Waals surface area contributed by atoms with Crippen molar-refractivity contribution in [3.8, 4) is 0 Å². The molecule has 1 N–H and O–H groups in total. The molecule has 2 aliphatic heterocycles. The Morgan fingerprint density at radius 3 is 2.54 bits per heavy atom. The van der Waals surface area contributed by atoms with Gasteiger partial charge in [-0.3, -0.25) is 9.59 Å². The molecule has 154 valence electrons. The molecule has 3 heterocycles. The fourth-order valence-electron chi connectivity index (χ4n) is 4.94. The van der Waals surface area contributed by atoms with Gasteiger partial charge in [-0.1, -0.05) is 6.42 Å². The predicted octanol–water partition coefficient (Wildman–Crippen LogP) is 1.57. The van der Waals surface area contributed by atoms with Crippen LogP contribution in [-0.4, -0.2) is 64.2 Å². The number of pyridine rings is 1. The van der Waals surface area contributed by atoms with Crippen molar-refractivity contribution in [1.29, 1.82) is 0 Å². The van der Waals surface area contributed by atoms with Gasteiger partial charge in [-0.05, 0) is 55.6 Å². The lowest BCUT2D eigenvalue weighted by atomic mass is 9.83. The first-order valence-electron chi connectivity index (χ1n) is 10.9. The second kappa shape index (κ2) is 8.37. The summed E-state index contributed by atoms with van der Waals surface area (Å²) in [6.45, 7) is 4.12. The van der Waals surface area contributed by atoms with Gasteiger partial charge in [0, 0.05) is 52.0 Å². The van der Waals surface area contributed by atoms with Gasteiger partial charge in [0.2, 0.25) is 5.91 Å². The van der Waals surface area contributed by atoms with Gasteiger partial charge < -0.3 is 19.5 Å². The summed E-state index contributed by atoms with van der Waals surface area (Å²) in [5.41, 5.74) is 1.10. The largest absolute Gasteiger partial charge is 0.392 e. The number of aromatic nitrogens is 1. The Balaban J connectivity index is 1.33. The number of amides is 1. The number of rotatable bonds is 4. The van der Waals surface area contributed by atoms with Gasteiger partial charge in [-0.2, -0.15) is 0 Å². The number of hydrogen-bond acceptors (Lipinski definition) is 4. The molecule has 2 atom stereocenters. The van der Waals surface area contributed by atoms with Gasteiger partial charge in [-0.15, -0.1) is 0 Å². The molecular formula is C22H33N3O3. The fourth-order valence-corrected chi connectivity index (χ4v) is 4.94. The highest BCUT2D eigenvalue weighted by molar-refractivity contribution is 5.80.